The van der Waals surface area contributed by atoms with Gasteiger partial charge in [0.1, 0.15) is 11.3 Å². The number of hydrogen-bond donors (Lipinski definition) is 1. The van der Waals surface area contributed by atoms with Crippen LogP contribution in [0.1, 0.15) is 48.7 Å². The molecule has 3 heterocycles. The first kappa shape index (κ1) is 18.7. The SMILES string of the molecule is Cc1nn(CCCC(=O)NC2CCCc3ccccc32)c(=O)c2cc3occc3n12. The molecule has 0 saturated carbocycles. The highest BCUT2D eigenvalue weighted by molar-refractivity contribution is 5.82. The van der Waals surface area contributed by atoms with Gasteiger partial charge in [0.25, 0.3) is 5.56 Å². The number of benzene rings is 1. The standard InChI is InChI=1S/C23H24N4O3/c1-15-25-26(23(29)20-14-21-19(27(15)20)11-13-30-21)12-5-10-22(28)24-18-9-4-7-16-6-2-3-8-17(16)18/h2-3,6,8,11,13-14,18H,4-5,7,9-10,12H2,1H3,(H,24,28). The molecule has 4 aromatic rings. The minimum Gasteiger partial charge on any atom is -0.463 e. The van der Waals surface area contributed by atoms with Crippen LogP contribution in [0.2, 0.25) is 0 Å². The first-order chi connectivity index (χ1) is 14.6. The van der Waals surface area contributed by atoms with Crippen LogP contribution in [0.4, 0.5) is 0 Å². The van der Waals surface area contributed by atoms with Crippen molar-refractivity contribution in [3.8, 4) is 0 Å². The Kier molecular flexibility index (Phi) is 4.65. The zero-order valence-corrected chi connectivity index (χ0v) is 16.9. The monoisotopic (exact) mass is 404 g/mol. The predicted molar refractivity (Wildman–Crippen MR) is 113 cm³/mol. The highest BCUT2D eigenvalue weighted by atomic mass is 16.3. The number of nitrogens with zero attached hydrogens (tertiary/aromatic N) is 3. The molecule has 0 spiro atoms. The summed E-state index contributed by atoms with van der Waals surface area (Å²) in [6.45, 7) is 2.26. The molecule has 154 valence electrons. The van der Waals surface area contributed by atoms with E-state index in [2.05, 4.69) is 28.6 Å². The number of carbonyl (C=O) groups is 1. The minimum atomic E-state index is -0.173. The molecule has 0 fully saturated rings. The van der Waals surface area contributed by atoms with Crippen LogP contribution in [0.3, 0.4) is 0 Å². The third-order valence-corrected chi connectivity index (χ3v) is 5.94. The maximum absolute atomic E-state index is 12.8. The first-order valence-corrected chi connectivity index (χ1v) is 10.5. The van der Waals surface area contributed by atoms with Crippen LogP contribution in [0.25, 0.3) is 16.6 Å². The molecule has 7 heteroatoms. The molecule has 7 nitrogen and oxygen atoms in total. The fourth-order valence-corrected chi connectivity index (χ4v) is 4.54. The Morgan fingerprint density at radius 3 is 3.03 bits per heavy atom. The van der Waals surface area contributed by atoms with Gasteiger partial charge in [0, 0.05) is 25.1 Å². The largest absolute Gasteiger partial charge is 0.463 e. The van der Waals surface area contributed by atoms with Gasteiger partial charge in [0.05, 0.1) is 17.8 Å². The average molecular weight is 404 g/mol. The molecule has 1 amide bonds. The van der Waals surface area contributed by atoms with Crippen LogP contribution in [0.15, 0.2) is 51.9 Å². The van der Waals surface area contributed by atoms with Gasteiger partial charge in [-0.2, -0.15) is 5.10 Å². The molecular formula is C23H24N4O3. The third kappa shape index (κ3) is 3.20. The van der Waals surface area contributed by atoms with Gasteiger partial charge in [-0.25, -0.2) is 4.68 Å². The van der Waals surface area contributed by atoms with E-state index in [0.717, 1.165) is 24.8 Å². The van der Waals surface area contributed by atoms with Crippen LogP contribution in [0.5, 0.6) is 0 Å². The number of carbonyl (C=O) groups excluding carboxylic acids is 1. The van der Waals surface area contributed by atoms with Gasteiger partial charge >= 0.3 is 0 Å². The zero-order valence-electron chi connectivity index (χ0n) is 16.9. The highest BCUT2D eigenvalue weighted by Gasteiger charge is 2.21. The molecule has 3 aromatic heterocycles. The van der Waals surface area contributed by atoms with Gasteiger partial charge in [0.15, 0.2) is 5.58 Å². The van der Waals surface area contributed by atoms with E-state index >= 15 is 0 Å². The number of fused-ring (bicyclic) bond motifs is 4. The molecule has 1 aliphatic carbocycles. The van der Waals surface area contributed by atoms with Crippen molar-refractivity contribution in [2.24, 2.45) is 0 Å². The Labute approximate surface area is 173 Å². The van der Waals surface area contributed by atoms with Gasteiger partial charge < -0.3 is 9.73 Å². The lowest BCUT2D eigenvalue weighted by Gasteiger charge is -2.26. The van der Waals surface area contributed by atoms with Crippen molar-refractivity contribution in [1.82, 2.24) is 19.5 Å². The molecule has 0 bridgehead atoms. The fourth-order valence-electron chi connectivity index (χ4n) is 4.54. The Hall–Kier alpha value is -3.35. The van der Waals surface area contributed by atoms with E-state index in [0.29, 0.717) is 36.3 Å². The Bertz CT molecular complexity index is 1300. The predicted octanol–water partition coefficient (Wildman–Crippen LogP) is 3.52. The summed E-state index contributed by atoms with van der Waals surface area (Å²) in [6, 6.07) is 12.0. The van der Waals surface area contributed by atoms with Crippen molar-refractivity contribution in [2.75, 3.05) is 0 Å². The minimum absolute atomic E-state index is 0.0164. The molecule has 1 aliphatic rings. The van der Waals surface area contributed by atoms with Crippen LogP contribution < -0.4 is 10.9 Å². The van der Waals surface area contributed by atoms with Crippen molar-refractivity contribution in [1.29, 1.82) is 0 Å². The smallest absolute Gasteiger partial charge is 0.291 e. The normalized spacial score (nSPS) is 16.1. The molecule has 1 N–H and O–H groups in total. The Balaban J connectivity index is 1.26. The Morgan fingerprint density at radius 1 is 1.27 bits per heavy atom. The number of aryl methyl sites for hydroxylation is 3. The van der Waals surface area contributed by atoms with E-state index in [1.54, 1.807) is 12.3 Å². The summed E-state index contributed by atoms with van der Waals surface area (Å²) in [5, 5.41) is 7.61. The van der Waals surface area contributed by atoms with Crippen LogP contribution >= 0.6 is 0 Å². The number of furan rings is 1. The lowest BCUT2D eigenvalue weighted by Crippen LogP contribution is -2.31. The second-order valence-electron chi connectivity index (χ2n) is 7.93. The third-order valence-electron chi connectivity index (χ3n) is 5.94. The lowest BCUT2D eigenvalue weighted by molar-refractivity contribution is -0.122. The number of hydrogen-bond acceptors (Lipinski definition) is 4. The van der Waals surface area contributed by atoms with E-state index < -0.39 is 0 Å². The van der Waals surface area contributed by atoms with Gasteiger partial charge in [0.2, 0.25) is 5.91 Å². The summed E-state index contributed by atoms with van der Waals surface area (Å²) >= 11 is 0. The van der Waals surface area contributed by atoms with Gasteiger partial charge in [-0.05, 0) is 43.7 Å². The van der Waals surface area contributed by atoms with E-state index in [4.69, 9.17) is 4.42 Å². The summed E-state index contributed by atoms with van der Waals surface area (Å²) in [4.78, 5) is 25.3. The second-order valence-corrected chi connectivity index (χ2v) is 7.93. The van der Waals surface area contributed by atoms with Crippen LogP contribution in [-0.2, 0) is 17.8 Å². The topological polar surface area (TPSA) is 81.5 Å². The lowest BCUT2D eigenvalue weighted by atomic mass is 9.87. The van der Waals surface area contributed by atoms with Gasteiger partial charge in [-0.1, -0.05) is 24.3 Å². The number of nitrogens with one attached hydrogen (secondary N) is 1. The van der Waals surface area contributed by atoms with E-state index in [9.17, 15) is 9.59 Å². The van der Waals surface area contributed by atoms with Crippen molar-refractivity contribution < 1.29 is 9.21 Å². The molecule has 1 atom stereocenters. The molecular weight excluding hydrogens is 380 g/mol. The van der Waals surface area contributed by atoms with E-state index in [1.165, 1.54) is 15.8 Å². The van der Waals surface area contributed by atoms with E-state index in [-0.39, 0.29) is 17.5 Å². The maximum atomic E-state index is 12.8. The van der Waals surface area contributed by atoms with Crippen LogP contribution in [-0.4, -0.2) is 20.1 Å². The van der Waals surface area contributed by atoms with Gasteiger partial charge in [-0.15, -0.1) is 0 Å². The van der Waals surface area contributed by atoms with Crippen molar-refractivity contribution >= 4 is 22.5 Å². The maximum Gasteiger partial charge on any atom is 0.291 e. The average Bonchev–Trinajstić information content (AvgIpc) is 3.33. The summed E-state index contributed by atoms with van der Waals surface area (Å²) in [5.41, 5.74) is 4.43. The van der Waals surface area contributed by atoms with E-state index in [1.807, 2.05) is 23.5 Å². The van der Waals surface area contributed by atoms with Gasteiger partial charge in [-0.3, -0.25) is 14.0 Å². The zero-order chi connectivity index (χ0) is 20.7. The number of amides is 1. The summed E-state index contributed by atoms with van der Waals surface area (Å²) in [6.07, 6.45) is 5.64. The first-order valence-electron chi connectivity index (χ1n) is 10.5. The van der Waals surface area contributed by atoms with Crippen LogP contribution in [0, 0.1) is 6.92 Å². The molecule has 30 heavy (non-hydrogen) atoms. The summed E-state index contributed by atoms with van der Waals surface area (Å²) in [7, 11) is 0. The molecule has 0 radical (unpaired) electrons. The second kappa shape index (κ2) is 7.48. The number of aromatic nitrogens is 3. The van der Waals surface area contributed by atoms with Crippen molar-refractivity contribution in [2.45, 2.75) is 51.6 Å². The molecule has 5 rings (SSSR count). The quantitative estimate of drug-likeness (QED) is 0.552. The fraction of sp³-hybridized carbons (Fsp3) is 0.348. The summed E-state index contributed by atoms with van der Waals surface area (Å²) < 4.78 is 8.67. The highest BCUT2D eigenvalue weighted by Crippen LogP contribution is 2.29. The summed E-state index contributed by atoms with van der Waals surface area (Å²) in [5.74, 6) is 0.729. The van der Waals surface area contributed by atoms with Crippen molar-refractivity contribution in [3.05, 3.63) is 70.0 Å². The molecule has 0 aliphatic heterocycles. The Morgan fingerprint density at radius 2 is 2.13 bits per heavy atom. The molecule has 1 aromatic carbocycles. The van der Waals surface area contributed by atoms with Crippen molar-refractivity contribution in [3.63, 3.8) is 0 Å². The number of rotatable bonds is 5. The molecule has 1 unspecified atom stereocenters. The molecule has 0 saturated heterocycles.